The molecule has 2 heteroatoms. The Kier molecular flexibility index (Phi) is 17.4. The zero-order chi connectivity index (χ0) is 18.8. The lowest BCUT2D eigenvalue weighted by Gasteiger charge is -2.21. The molecule has 0 aliphatic heterocycles. The van der Waals surface area contributed by atoms with E-state index in [1.807, 2.05) is 19.9 Å². The number of rotatable bonds is 17. The van der Waals surface area contributed by atoms with Crippen LogP contribution in [0.25, 0.3) is 0 Å². The molecule has 0 fully saturated rings. The summed E-state index contributed by atoms with van der Waals surface area (Å²) in [6.45, 7) is 10.4. The van der Waals surface area contributed by atoms with Crippen LogP contribution in [-0.2, 0) is 4.79 Å². The third-order valence-corrected chi connectivity index (χ3v) is 4.79. The van der Waals surface area contributed by atoms with E-state index >= 15 is 0 Å². The smallest absolute Gasteiger partial charge is 0.246 e. The molecule has 0 unspecified atom stereocenters. The van der Waals surface area contributed by atoms with Gasteiger partial charge in [0.1, 0.15) is 0 Å². The monoisotopic (exact) mass is 351 g/mol. The van der Waals surface area contributed by atoms with Crippen molar-refractivity contribution in [1.29, 1.82) is 0 Å². The maximum Gasteiger partial charge on any atom is 0.246 e. The van der Waals surface area contributed by atoms with Crippen molar-refractivity contribution in [3.63, 3.8) is 0 Å². The fraction of sp³-hybridized carbons (Fsp3) is 0.870. The molecule has 25 heavy (non-hydrogen) atoms. The van der Waals surface area contributed by atoms with E-state index in [4.69, 9.17) is 0 Å². The highest BCUT2D eigenvalue weighted by atomic mass is 16.2. The van der Waals surface area contributed by atoms with Crippen LogP contribution in [0, 0.1) is 0 Å². The van der Waals surface area contributed by atoms with Crippen molar-refractivity contribution < 1.29 is 4.79 Å². The number of unbranched alkanes of at least 4 members (excludes halogenated alkanes) is 12. The van der Waals surface area contributed by atoms with Crippen LogP contribution in [0.4, 0.5) is 0 Å². The van der Waals surface area contributed by atoms with E-state index in [-0.39, 0.29) is 5.91 Å². The van der Waals surface area contributed by atoms with Gasteiger partial charge in [-0.25, -0.2) is 0 Å². The second-order valence-corrected chi connectivity index (χ2v) is 7.79. The maximum atomic E-state index is 12.4. The molecule has 1 amide bonds. The van der Waals surface area contributed by atoms with Gasteiger partial charge in [0.2, 0.25) is 5.91 Å². The molecule has 0 radical (unpaired) electrons. The number of hydrogen-bond donors (Lipinski definition) is 0. The summed E-state index contributed by atoms with van der Waals surface area (Å²) in [5, 5.41) is 0. The lowest BCUT2D eigenvalue weighted by Crippen LogP contribution is -2.31. The van der Waals surface area contributed by atoms with Crippen molar-refractivity contribution in [2.75, 3.05) is 13.1 Å². The molecule has 0 bridgehead atoms. The molecule has 0 aromatic rings. The summed E-state index contributed by atoms with van der Waals surface area (Å²) < 4.78 is 0. The van der Waals surface area contributed by atoms with Crippen molar-refractivity contribution in [2.45, 2.75) is 118 Å². The Morgan fingerprint density at radius 1 is 0.640 bits per heavy atom. The summed E-state index contributed by atoms with van der Waals surface area (Å²) in [6.07, 6.45) is 20.1. The van der Waals surface area contributed by atoms with Crippen molar-refractivity contribution in [3.05, 3.63) is 11.6 Å². The van der Waals surface area contributed by atoms with E-state index in [1.54, 1.807) is 0 Å². The van der Waals surface area contributed by atoms with Crippen LogP contribution in [-0.4, -0.2) is 23.9 Å². The second kappa shape index (κ2) is 18.0. The highest BCUT2D eigenvalue weighted by Gasteiger charge is 2.10. The molecule has 0 N–H and O–H groups in total. The van der Waals surface area contributed by atoms with E-state index in [0.717, 1.165) is 31.5 Å². The lowest BCUT2D eigenvalue weighted by molar-refractivity contribution is -0.126. The molecular formula is C23H45NO. The first-order valence-corrected chi connectivity index (χ1v) is 11.1. The normalized spacial score (nSPS) is 10.7. The fourth-order valence-corrected chi connectivity index (χ4v) is 3.19. The fourth-order valence-electron chi connectivity index (χ4n) is 3.19. The zero-order valence-electron chi connectivity index (χ0n) is 17.7. The Hall–Kier alpha value is -0.790. The minimum absolute atomic E-state index is 0.219. The molecule has 0 aromatic heterocycles. The predicted octanol–water partition coefficient (Wildman–Crippen LogP) is 7.28. The van der Waals surface area contributed by atoms with Gasteiger partial charge in [0, 0.05) is 19.2 Å². The first-order chi connectivity index (χ1) is 12.1. The molecule has 0 saturated heterocycles. The van der Waals surface area contributed by atoms with Gasteiger partial charge in [0.25, 0.3) is 0 Å². The van der Waals surface area contributed by atoms with Gasteiger partial charge in [-0.05, 0) is 26.7 Å². The van der Waals surface area contributed by atoms with Gasteiger partial charge >= 0.3 is 0 Å². The van der Waals surface area contributed by atoms with Crippen LogP contribution in [0.1, 0.15) is 118 Å². The van der Waals surface area contributed by atoms with Crippen LogP contribution in [0.2, 0.25) is 0 Å². The lowest BCUT2D eigenvalue weighted by atomic mass is 10.1. The largest absolute Gasteiger partial charge is 0.339 e. The van der Waals surface area contributed by atoms with Crippen LogP contribution >= 0.6 is 0 Å². The van der Waals surface area contributed by atoms with Gasteiger partial charge in [-0.2, -0.15) is 0 Å². The predicted molar refractivity (Wildman–Crippen MR) is 112 cm³/mol. The minimum atomic E-state index is 0.219. The molecule has 2 nitrogen and oxygen atoms in total. The Labute approximate surface area is 158 Å². The van der Waals surface area contributed by atoms with Gasteiger partial charge in [-0.1, -0.05) is 96.5 Å². The van der Waals surface area contributed by atoms with E-state index in [9.17, 15) is 4.79 Å². The summed E-state index contributed by atoms with van der Waals surface area (Å²) in [6, 6.07) is 0. The maximum absolute atomic E-state index is 12.4. The van der Waals surface area contributed by atoms with Gasteiger partial charge in [0.05, 0.1) is 0 Å². The highest BCUT2D eigenvalue weighted by molar-refractivity contribution is 5.88. The summed E-state index contributed by atoms with van der Waals surface area (Å²) in [5.41, 5.74) is 1.11. The molecule has 0 atom stereocenters. The molecular weight excluding hydrogens is 306 g/mol. The topological polar surface area (TPSA) is 20.3 Å². The van der Waals surface area contributed by atoms with Gasteiger partial charge in [-0.15, -0.1) is 0 Å². The molecule has 148 valence electrons. The number of carbonyl (C=O) groups is 1. The summed E-state index contributed by atoms with van der Waals surface area (Å²) in [5.74, 6) is 0.219. The third-order valence-electron chi connectivity index (χ3n) is 4.79. The van der Waals surface area contributed by atoms with E-state index in [1.165, 1.54) is 77.0 Å². The van der Waals surface area contributed by atoms with E-state index in [0.29, 0.717) is 0 Å². The molecule has 0 spiro atoms. The van der Waals surface area contributed by atoms with Crippen molar-refractivity contribution >= 4 is 5.91 Å². The Morgan fingerprint density at radius 3 is 1.36 bits per heavy atom. The quantitative estimate of drug-likeness (QED) is 0.199. The standard InChI is InChI=1S/C23H45NO/c1-5-7-9-11-13-15-17-19-24(23(25)21-22(3)4)20-18-16-14-12-10-8-6-2/h21H,5-20H2,1-4H3. The van der Waals surface area contributed by atoms with Crippen LogP contribution in [0.15, 0.2) is 11.6 Å². The number of hydrogen-bond acceptors (Lipinski definition) is 1. The highest BCUT2D eigenvalue weighted by Crippen LogP contribution is 2.11. The summed E-state index contributed by atoms with van der Waals surface area (Å²) in [7, 11) is 0. The molecule has 0 heterocycles. The van der Waals surface area contributed by atoms with Crippen molar-refractivity contribution in [1.82, 2.24) is 4.90 Å². The van der Waals surface area contributed by atoms with Gasteiger partial charge in [0.15, 0.2) is 0 Å². The van der Waals surface area contributed by atoms with Gasteiger partial charge in [-0.3, -0.25) is 4.79 Å². The molecule has 0 rings (SSSR count). The Morgan fingerprint density at radius 2 is 1.00 bits per heavy atom. The molecule has 0 aromatic carbocycles. The number of amides is 1. The van der Waals surface area contributed by atoms with E-state index in [2.05, 4.69) is 18.7 Å². The van der Waals surface area contributed by atoms with Crippen LogP contribution in [0.3, 0.4) is 0 Å². The van der Waals surface area contributed by atoms with Crippen molar-refractivity contribution in [2.24, 2.45) is 0 Å². The SMILES string of the molecule is CCCCCCCCCN(CCCCCCCCC)C(=O)C=C(C)C. The Balaban J connectivity index is 3.99. The minimum Gasteiger partial charge on any atom is -0.339 e. The first kappa shape index (κ1) is 24.2. The summed E-state index contributed by atoms with van der Waals surface area (Å²) >= 11 is 0. The number of carbonyl (C=O) groups excluding carboxylic acids is 1. The molecule has 0 saturated carbocycles. The number of allylic oxidation sites excluding steroid dienone is 1. The zero-order valence-corrected chi connectivity index (χ0v) is 17.7. The summed E-state index contributed by atoms with van der Waals surface area (Å²) in [4.78, 5) is 14.5. The average molecular weight is 352 g/mol. The van der Waals surface area contributed by atoms with Gasteiger partial charge < -0.3 is 4.90 Å². The number of nitrogens with zero attached hydrogens (tertiary/aromatic N) is 1. The molecule has 0 aliphatic carbocycles. The Bertz CT molecular complexity index is 313. The molecule has 0 aliphatic rings. The first-order valence-electron chi connectivity index (χ1n) is 11.1. The second-order valence-electron chi connectivity index (χ2n) is 7.79. The average Bonchev–Trinajstić information content (AvgIpc) is 2.57. The van der Waals surface area contributed by atoms with E-state index < -0.39 is 0 Å². The van der Waals surface area contributed by atoms with Crippen molar-refractivity contribution in [3.8, 4) is 0 Å². The van der Waals surface area contributed by atoms with Crippen LogP contribution < -0.4 is 0 Å². The third kappa shape index (κ3) is 16.4. The van der Waals surface area contributed by atoms with Crippen LogP contribution in [0.5, 0.6) is 0 Å².